The van der Waals surface area contributed by atoms with Gasteiger partial charge in [0.1, 0.15) is 17.2 Å². The largest absolute Gasteiger partial charge is 0.369 e. The number of carbonyl (C=O) groups is 2. The molecule has 3 rings (SSSR count). The van der Waals surface area contributed by atoms with Gasteiger partial charge in [0.2, 0.25) is 5.60 Å². The zero-order valence-electron chi connectivity index (χ0n) is 14.0. The molecule has 1 aliphatic rings. The predicted octanol–water partition coefficient (Wildman–Crippen LogP) is 0.931. The van der Waals surface area contributed by atoms with Gasteiger partial charge in [-0.3, -0.25) is 9.59 Å². The molecule has 0 radical (unpaired) electrons. The van der Waals surface area contributed by atoms with Crippen molar-refractivity contribution in [1.29, 1.82) is 0 Å². The second-order valence-corrected chi connectivity index (χ2v) is 6.06. The van der Waals surface area contributed by atoms with Crippen LogP contribution in [0.25, 0.3) is 11.3 Å². The number of amides is 2. The van der Waals surface area contributed by atoms with Gasteiger partial charge in [-0.25, -0.2) is 9.37 Å². The molecule has 1 unspecified atom stereocenters. The third kappa shape index (κ3) is 3.27. The number of benzene rings is 1. The number of aromatic nitrogens is 1. The van der Waals surface area contributed by atoms with Gasteiger partial charge in [0.25, 0.3) is 11.8 Å². The van der Waals surface area contributed by atoms with E-state index in [1.165, 1.54) is 11.0 Å². The third-order valence-corrected chi connectivity index (χ3v) is 4.16. The molecule has 1 aromatic heterocycles. The lowest BCUT2D eigenvalue weighted by Crippen LogP contribution is -2.37. The van der Waals surface area contributed by atoms with Crippen LogP contribution in [0.5, 0.6) is 0 Å². The van der Waals surface area contributed by atoms with E-state index in [1.807, 2.05) is 0 Å². The molecule has 7 heteroatoms. The monoisotopic (exact) mass is 353 g/mol. The molecule has 2 amide bonds. The summed E-state index contributed by atoms with van der Waals surface area (Å²) in [5.41, 5.74) is 4.28. The number of halogens is 1. The summed E-state index contributed by atoms with van der Waals surface area (Å²) in [5, 5.41) is 10.3. The molecule has 1 aromatic carbocycles. The van der Waals surface area contributed by atoms with Crippen LogP contribution in [-0.2, 0) is 4.79 Å². The number of nitrogens with zero attached hydrogens (tertiary/aromatic N) is 2. The minimum Gasteiger partial charge on any atom is -0.369 e. The lowest BCUT2D eigenvalue weighted by molar-refractivity contribution is -0.137. The summed E-state index contributed by atoms with van der Waals surface area (Å²) in [6, 6.07) is 8.82. The Hall–Kier alpha value is -3.24. The minimum absolute atomic E-state index is 0.0275. The van der Waals surface area contributed by atoms with Crippen molar-refractivity contribution in [2.45, 2.75) is 12.0 Å². The Morgan fingerprint density at radius 1 is 1.38 bits per heavy atom. The fourth-order valence-corrected chi connectivity index (χ4v) is 2.67. The normalized spacial score (nSPS) is 19.2. The van der Waals surface area contributed by atoms with Gasteiger partial charge in [-0.15, -0.1) is 0 Å². The molecule has 0 spiro atoms. The second-order valence-electron chi connectivity index (χ2n) is 6.06. The number of rotatable bonds is 2. The first kappa shape index (κ1) is 17.6. The van der Waals surface area contributed by atoms with Crippen molar-refractivity contribution in [2.24, 2.45) is 5.73 Å². The van der Waals surface area contributed by atoms with Crippen molar-refractivity contribution >= 4 is 11.8 Å². The number of carbonyl (C=O) groups excluding carboxylic acids is 2. The summed E-state index contributed by atoms with van der Waals surface area (Å²) in [4.78, 5) is 28.6. The zero-order valence-corrected chi connectivity index (χ0v) is 14.0. The maximum atomic E-state index is 14.1. The van der Waals surface area contributed by atoms with Crippen LogP contribution in [-0.4, -0.2) is 46.0 Å². The van der Waals surface area contributed by atoms with E-state index in [1.54, 1.807) is 31.3 Å². The molecule has 3 N–H and O–H groups in total. The topological polar surface area (TPSA) is 96.5 Å². The van der Waals surface area contributed by atoms with Crippen molar-refractivity contribution in [3.8, 4) is 23.1 Å². The number of likely N-dealkylation sites (tertiary alicyclic amines) is 1. The average Bonchev–Trinajstić information content (AvgIpc) is 2.88. The summed E-state index contributed by atoms with van der Waals surface area (Å²) in [6.07, 6.45) is 0.228. The highest BCUT2D eigenvalue weighted by Crippen LogP contribution is 2.23. The molecule has 0 saturated carbocycles. The predicted molar refractivity (Wildman–Crippen MR) is 92.2 cm³/mol. The van der Waals surface area contributed by atoms with E-state index in [2.05, 4.69) is 16.8 Å². The molecule has 1 fully saturated rings. The Morgan fingerprint density at radius 3 is 2.81 bits per heavy atom. The molecular weight excluding hydrogens is 337 g/mol. The highest BCUT2D eigenvalue weighted by Gasteiger charge is 2.42. The number of hydrogen-bond acceptors (Lipinski definition) is 4. The molecule has 132 valence electrons. The Bertz CT molecular complexity index is 964. The number of pyridine rings is 1. The third-order valence-electron chi connectivity index (χ3n) is 4.16. The van der Waals surface area contributed by atoms with Crippen LogP contribution in [0, 0.1) is 17.7 Å². The van der Waals surface area contributed by atoms with Crippen LogP contribution in [0.15, 0.2) is 36.4 Å². The second kappa shape index (κ2) is 6.58. The summed E-state index contributed by atoms with van der Waals surface area (Å²) in [7, 11) is 1.60. The maximum absolute atomic E-state index is 14.1. The van der Waals surface area contributed by atoms with Gasteiger partial charge in [0.05, 0.1) is 0 Å². The fourth-order valence-electron chi connectivity index (χ4n) is 2.67. The maximum Gasteiger partial charge on any atom is 0.267 e. The van der Waals surface area contributed by atoms with Crippen LogP contribution in [0.2, 0.25) is 0 Å². The highest BCUT2D eigenvalue weighted by molar-refractivity contribution is 5.91. The van der Waals surface area contributed by atoms with Crippen molar-refractivity contribution in [2.75, 3.05) is 13.6 Å². The summed E-state index contributed by atoms with van der Waals surface area (Å²) in [6.45, 7) is 0.430. The van der Waals surface area contributed by atoms with Gasteiger partial charge in [-0.2, -0.15) is 0 Å². The summed E-state index contributed by atoms with van der Waals surface area (Å²) >= 11 is 0. The van der Waals surface area contributed by atoms with Gasteiger partial charge < -0.3 is 15.7 Å². The van der Waals surface area contributed by atoms with E-state index < -0.39 is 23.2 Å². The van der Waals surface area contributed by atoms with E-state index in [-0.39, 0.29) is 17.8 Å². The van der Waals surface area contributed by atoms with Gasteiger partial charge in [-0.1, -0.05) is 24.0 Å². The van der Waals surface area contributed by atoms with E-state index in [9.17, 15) is 19.1 Å². The van der Waals surface area contributed by atoms with E-state index in [4.69, 9.17) is 5.73 Å². The van der Waals surface area contributed by atoms with Crippen molar-refractivity contribution in [3.63, 3.8) is 0 Å². The van der Waals surface area contributed by atoms with Crippen molar-refractivity contribution in [3.05, 3.63) is 53.5 Å². The van der Waals surface area contributed by atoms with Gasteiger partial charge in [-0.05, 0) is 24.3 Å². The Balaban J connectivity index is 1.96. The Morgan fingerprint density at radius 2 is 2.15 bits per heavy atom. The molecule has 0 aliphatic carbocycles. The van der Waals surface area contributed by atoms with Crippen LogP contribution in [0.4, 0.5) is 4.39 Å². The van der Waals surface area contributed by atoms with Gasteiger partial charge >= 0.3 is 0 Å². The van der Waals surface area contributed by atoms with Crippen LogP contribution < -0.4 is 5.73 Å². The van der Waals surface area contributed by atoms with Gasteiger partial charge in [0, 0.05) is 31.1 Å². The number of nitrogens with two attached hydrogens (primary N) is 1. The first-order valence-electron chi connectivity index (χ1n) is 7.88. The Kier molecular flexibility index (Phi) is 4.45. The lowest BCUT2D eigenvalue weighted by Gasteiger charge is -2.13. The van der Waals surface area contributed by atoms with Crippen molar-refractivity contribution < 1.29 is 19.1 Å². The van der Waals surface area contributed by atoms with Crippen LogP contribution >= 0.6 is 0 Å². The number of likely N-dealkylation sites (N-methyl/N-ethyl adjacent to an activating group) is 1. The molecule has 2 aromatic rings. The van der Waals surface area contributed by atoms with Crippen LogP contribution in [0.1, 0.15) is 22.5 Å². The number of primary amides is 1. The molecule has 0 bridgehead atoms. The molecule has 1 aliphatic heterocycles. The van der Waals surface area contributed by atoms with Crippen molar-refractivity contribution in [1.82, 2.24) is 9.88 Å². The Labute approximate surface area is 149 Å². The first-order chi connectivity index (χ1) is 12.3. The fraction of sp³-hybridized carbons (Fsp3) is 0.211. The number of hydrogen-bond donors (Lipinski definition) is 2. The van der Waals surface area contributed by atoms with E-state index >= 15 is 0 Å². The SMILES string of the molecule is CN1CCC(O)(C#Cc2cccc(-c3nc(C(N)=O)ccc3F)c2)C1=O. The molecule has 6 nitrogen and oxygen atoms in total. The molecule has 26 heavy (non-hydrogen) atoms. The highest BCUT2D eigenvalue weighted by atomic mass is 19.1. The lowest BCUT2D eigenvalue weighted by atomic mass is 10.0. The zero-order chi connectivity index (χ0) is 18.9. The average molecular weight is 353 g/mol. The molecule has 1 atom stereocenters. The smallest absolute Gasteiger partial charge is 0.267 e. The standard InChI is InChI=1S/C19H16FN3O3/c1-23-10-9-19(26,18(23)25)8-7-12-3-2-4-13(11-12)16-14(20)5-6-15(22-16)17(21)24/h2-6,11,26H,9-10H2,1H3,(H2,21,24). The first-order valence-corrected chi connectivity index (χ1v) is 7.88. The summed E-state index contributed by atoms with van der Waals surface area (Å²) in [5.74, 6) is 3.56. The number of aliphatic hydroxyl groups is 1. The molecule has 2 heterocycles. The summed E-state index contributed by atoms with van der Waals surface area (Å²) < 4.78 is 14.1. The minimum atomic E-state index is -1.71. The molecular formula is C19H16FN3O3. The molecule has 1 saturated heterocycles. The van der Waals surface area contributed by atoms with E-state index in [0.29, 0.717) is 17.7 Å². The quantitative estimate of drug-likeness (QED) is 0.785. The van der Waals surface area contributed by atoms with Gasteiger partial charge in [0.15, 0.2) is 0 Å². The van der Waals surface area contributed by atoms with Crippen LogP contribution in [0.3, 0.4) is 0 Å². The van der Waals surface area contributed by atoms with E-state index in [0.717, 1.165) is 6.07 Å².